The lowest BCUT2D eigenvalue weighted by Crippen LogP contribution is -2.22. The van der Waals surface area contributed by atoms with Gasteiger partial charge in [-0.1, -0.05) is 23.5 Å². The number of amides is 2. The Balaban J connectivity index is 1.55. The van der Waals surface area contributed by atoms with E-state index in [1.165, 1.54) is 0 Å². The number of ether oxygens (including phenoxy) is 2. The molecule has 150 valence electrons. The van der Waals surface area contributed by atoms with Crippen LogP contribution in [0.2, 0.25) is 0 Å². The zero-order chi connectivity index (χ0) is 20.6. The molecule has 9 heteroatoms. The van der Waals surface area contributed by atoms with Gasteiger partial charge in [0.25, 0.3) is 11.8 Å². The van der Waals surface area contributed by atoms with Crippen LogP contribution in [0.3, 0.4) is 0 Å². The molecule has 2 amide bonds. The highest BCUT2D eigenvalue weighted by molar-refractivity contribution is 7.15. The Labute approximate surface area is 171 Å². The fourth-order valence-electron chi connectivity index (χ4n) is 2.39. The van der Waals surface area contributed by atoms with Crippen molar-refractivity contribution in [2.45, 2.75) is 13.5 Å². The normalized spacial score (nSPS) is 10.3. The molecule has 0 saturated carbocycles. The summed E-state index contributed by atoms with van der Waals surface area (Å²) in [4.78, 5) is 24.6. The molecule has 29 heavy (non-hydrogen) atoms. The number of carbonyl (C=O) groups excluding carboxylic acids is 2. The monoisotopic (exact) mass is 412 g/mol. The predicted octanol–water partition coefficient (Wildman–Crippen LogP) is 3.13. The number of methoxy groups -OCH3 is 1. The lowest BCUT2D eigenvalue weighted by atomic mass is 10.2. The molecule has 0 saturated heterocycles. The first-order chi connectivity index (χ1) is 14.1. The number of nitrogens with zero attached hydrogens (tertiary/aromatic N) is 2. The van der Waals surface area contributed by atoms with Crippen molar-refractivity contribution >= 4 is 28.8 Å². The molecular formula is C20H20N4O4S. The average molecular weight is 412 g/mol. The third kappa shape index (κ3) is 5.52. The van der Waals surface area contributed by atoms with E-state index >= 15 is 0 Å². The van der Waals surface area contributed by atoms with Crippen LogP contribution in [0.4, 0.5) is 5.69 Å². The van der Waals surface area contributed by atoms with E-state index in [9.17, 15) is 9.59 Å². The van der Waals surface area contributed by atoms with Crippen LogP contribution in [0, 0.1) is 0 Å². The average Bonchev–Trinajstić information content (AvgIpc) is 3.24. The van der Waals surface area contributed by atoms with E-state index in [1.54, 1.807) is 31.4 Å². The van der Waals surface area contributed by atoms with E-state index in [0.29, 0.717) is 24.6 Å². The van der Waals surface area contributed by atoms with Crippen molar-refractivity contribution in [3.05, 3.63) is 64.1 Å². The van der Waals surface area contributed by atoms with E-state index < -0.39 is 5.91 Å². The van der Waals surface area contributed by atoms with Crippen molar-refractivity contribution in [1.82, 2.24) is 15.5 Å². The third-order valence-corrected chi connectivity index (χ3v) is 4.77. The van der Waals surface area contributed by atoms with Gasteiger partial charge in [-0.05, 0) is 48.9 Å². The minimum absolute atomic E-state index is 0.104. The predicted molar refractivity (Wildman–Crippen MR) is 110 cm³/mol. The van der Waals surface area contributed by atoms with Crippen LogP contribution in [0.5, 0.6) is 11.5 Å². The van der Waals surface area contributed by atoms with Crippen LogP contribution in [-0.2, 0) is 6.54 Å². The van der Waals surface area contributed by atoms with Crippen molar-refractivity contribution in [3.63, 3.8) is 0 Å². The van der Waals surface area contributed by atoms with Gasteiger partial charge < -0.3 is 20.1 Å². The number of rotatable bonds is 8. The molecule has 0 spiro atoms. The first-order valence-corrected chi connectivity index (χ1v) is 9.69. The van der Waals surface area contributed by atoms with Crippen molar-refractivity contribution in [1.29, 1.82) is 0 Å². The molecule has 0 unspecified atom stereocenters. The second kappa shape index (κ2) is 9.65. The highest BCUT2D eigenvalue weighted by atomic mass is 32.1. The van der Waals surface area contributed by atoms with Crippen LogP contribution in [0.1, 0.15) is 32.1 Å². The van der Waals surface area contributed by atoms with Gasteiger partial charge in [0.1, 0.15) is 11.5 Å². The van der Waals surface area contributed by atoms with Gasteiger partial charge in [-0.2, -0.15) is 0 Å². The van der Waals surface area contributed by atoms with E-state index in [4.69, 9.17) is 9.47 Å². The molecule has 0 aliphatic carbocycles. The Hall–Kier alpha value is -3.46. The lowest BCUT2D eigenvalue weighted by Gasteiger charge is -2.05. The number of nitrogens with one attached hydrogen (secondary N) is 2. The fourth-order valence-corrected chi connectivity index (χ4v) is 3.05. The van der Waals surface area contributed by atoms with Crippen LogP contribution in [-0.4, -0.2) is 35.7 Å². The van der Waals surface area contributed by atoms with E-state index in [0.717, 1.165) is 22.6 Å². The molecule has 8 nitrogen and oxygen atoms in total. The fraction of sp³-hybridized carbons (Fsp3) is 0.200. The maximum atomic E-state index is 12.3. The summed E-state index contributed by atoms with van der Waals surface area (Å²) in [7, 11) is 1.57. The van der Waals surface area contributed by atoms with Gasteiger partial charge in [0.15, 0.2) is 0 Å². The second-order valence-electron chi connectivity index (χ2n) is 5.85. The number of hydrogen-bond donors (Lipinski definition) is 2. The molecule has 0 atom stereocenters. The molecule has 3 aromatic rings. The number of benzene rings is 2. The van der Waals surface area contributed by atoms with Gasteiger partial charge >= 0.3 is 0 Å². The SMILES string of the molecule is CCOc1ccc(CNC(=O)c2nnc(C(=O)Nc3ccc(OC)cc3)s2)cc1. The Bertz CT molecular complexity index is 971. The summed E-state index contributed by atoms with van der Waals surface area (Å²) < 4.78 is 10.5. The largest absolute Gasteiger partial charge is 0.497 e. The summed E-state index contributed by atoms with van der Waals surface area (Å²) in [5.41, 5.74) is 1.51. The summed E-state index contributed by atoms with van der Waals surface area (Å²) in [6.45, 7) is 2.85. The molecule has 0 fully saturated rings. The molecule has 0 aliphatic rings. The Morgan fingerprint density at radius 2 is 1.55 bits per heavy atom. The standard InChI is InChI=1S/C20H20N4O4S/c1-3-28-16-8-4-13(5-9-16)12-21-17(25)19-23-24-20(29-19)18(26)22-14-6-10-15(27-2)11-7-14/h4-11H,3,12H2,1-2H3,(H,21,25)(H,22,26). The first-order valence-electron chi connectivity index (χ1n) is 8.88. The van der Waals surface area contributed by atoms with Gasteiger partial charge in [0, 0.05) is 12.2 Å². The molecule has 0 radical (unpaired) electrons. The summed E-state index contributed by atoms with van der Waals surface area (Å²) >= 11 is 0.929. The van der Waals surface area contributed by atoms with E-state index in [2.05, 4.69) is 20.8 Å². The topological polar surface area (TPSA) is 102 Å². The number of carbonyl (C=O) groups is 2. The second-order valence-corrected chi connectivity index (χ2v) is 6.83. The highest BCUT2D eigenvalue weighted by Crippen LogP contribution is 2.17. The molecule has 1 heterocycles. The summed E-state index contributed by atoms with van der Waals surface area (Å²) in [5.74, 6) is 0.641. The van der Waals surface area contributed by atoms with Gasteiger partial charge in [-0.25, -0.2) is 0 Å². The third-order valence-electron chi connectivity index (χ3n) is 3.85. The van der Waals surface area contributed by atoms with Gasteiger partial charge in [-0.3, -0.25) is 9.59 Å². The van der Waals surface area contributed by atoms with Gasteiger partial charge in [0.2, 0.25) is 10.0 Å². The molecule has 1 aromatic heterocycles. The van der Waals surface area contributed by atoms with Crippen molar-refractivity contribution in [3.8, 4) is 11.5 Å². The highest BCUT2D eigenvalue weighted by Gasteiger charge is 2.17. The summed E-state index contributed by atoms with van der Waals surface area (Å²) in [5, 5.41) is 13.3. The molecular weight excluding hydrogens is 392 g/mol. The van der Waals surface area contributed by atoms with Crippen LogP contribution in [0.25, 0.3) is 0 Å². The van der Waals surface area contributed by atoms with E-state index in [1.807, 2.05) is 31.2 Å². The summed E-state index contributed by atoms with van der Waals surface area (Å²) in [6.07, 6.45) is 0. The minimum Gasteiger partial charge on any atom is -0.497 e. The molecule has 3 rings (SSSR count). The quantitative estimate of drug-likeness (QED) is 0.589. The maximum absolute atomic E-state index is 12.3. The Morgan fingerprint density at radius 3 is 2.17 bits per heavy atom. The minimum atomic E-state index is -0.432. The van der Waals surface area contributed by atoms with Crippen LogP contribution >= 0.6 is 11.3 Å². The smallest absolute Gasteiger partial charge is 0.286 e. The molecule has 2 N–H and O–H groups in total. The molecule has 0 bridgehead atoms. The maximum Gasteiger partial charge on any atom is 0.286 e. The van der Waals surface area contributed by atoms with Crippen molar-refractivity contribution in [2.75, 3.05) is 19.0 Å². The molecule has 2 aromatic carbocycles. The zero-order valence-corrected chi connectivity index (χ0v) is 16.8. The number of aromatic nitrogens is 2. The van der Waals surface area contributed by atoms with Crippen molar-refractivity contribution in [2.24, 2.45) is 0 Å². The van der Waals surface area contributed by atoms with Crippen LogP contribution in [0.15, 0.2) is 48.5 Å². The van der Waals surface area contributed by atoms with Gasteiger partial charge in [0.05, 0.1) is 13.7 Å². The lowest BCUT2D eigenvalue weighted by molar-refractivity contribution is 0.0948. The zero-order valence-electron chi connectivity index (χ0n) is 16.0. The Kier molecular flexibility index (Phi) is 6.75. The Morgan fingerprint density at radius 1 is 0.931 bits per heavy atom. The molecule has 0 aliphatic heterocycles. The summed E-state index contributed by atoms with van der Waals surface area (Å²) in [6, 6.07) is 14.3. The van der Waals surface area contributed by atoms with Gasteiger partial charge in [-0.15, -0.1) is 10.2 Å². The first kappa shape index (κ1) is 20.3. The van der Waals surface area contributed by atoms with Crippen molar-refractivity contribution < 1.29 is 19.1 Å². The number of anilines is 1. The number of hydrogen-bond acceptors (Lipinski definition) is 7. The van der Waals surface area contributed by atoms with Crippen LogP contribution < -0.4 is 20.1 Å². The van der Waals surface area contributed by atoms with E-state index in [-0.39, 0.29) is 15.9 Å².